The summed E-state index contributed by atoms with van der Waals surface area (Å²) in [6.07, 6.45) is 2.79. The fourth-order valence-electron chi connectivity index (χ4n) is 3.02. The Labute approximate surface area is 139 Å². The number of aryl methyl sites for hydroxylation is 1. The van der Waals surface area contributed by atoms with Gasteiger partial charge in [0.2, 0.25) is 0 Å². The van der Waals surface area contributed by atoms with E-state index in [1.807, 2.05) is 11.8 Å². The summed E-state index contributed by atoms with van der Waals surface area (Å²) in [5, 5.41) is 15.2. The van der Waals surface area contributed by atoms with Crippen molar-refractivity contribution in [1.82, 2.24) is 30.5 Å². The zero-order valence-corrected chi connectivity index (χ0v) is 14.6. The number of piperidine rings is 1. The Morgan fingerprint density at radius 1 is 1.48 bits per heavy atom. The van der Waals surface area contributed by atoms with E-state index in [0.29, 0.717) is 18.3 Å². The number of carbonyl (C=O) groups is 1. The molecule has 3 rings (SSSR count). The molecule has 23 heavy (non-hydrogen) atoms. The molecular weight excluding hydrogens is 312 g/mol. The average Bonchev–Trinajstić information content (AvgIpc) is 3.16. The van der Waals surface area contributed by atoms with E-state index in [2.05, 4.69) is 39.5 Å². The molecule has 7 nitrogen and oxygen atoms in total. The molecule has 1 amide bonds. The van der Waals surface area contributed by atoms with E-state index in [1.165, 1.54) is 11.3 Å². The quantitative estimate of drug-likeness (QED) is 0.926. The van der Waals surface area contributed by atoms with E-state index in [4.69, 9.17) is 0 Å². The van der Waals surface area contributed by atoms with Gasteiger partial charge in [0.15, 0.2) is 5.82 Å². The van der Waals surface area contributed by atoms with Gasteiger partial charge in [0.1, 0.15) is 4.88 Å². The monoisotopic (exact) mass is 334 g/mol. The van der Waals surface area contributed by atoms with Crippen LogP contribution in [0.15, 0.2) is 0 Å². The second kappa shape index (κ2) is 6.74. The second-order valence-corrected chi connectivity index (χ2v) is 7.67. The van der Waals surface area contributed by atoms with Gasteiger partial charge in [-0.2, -0.15) is 5.21 Å². The maximum absolute atomic E-state index is 13.0. The minimum absolute atomic E-state index is 0.0967. The first kappa shape index (κ1) is 16.0. The normalized spacial score (nSPS) is 18.6. The molecule has 0 radical (unpaired) electrons. The summed E-state index contributed by atoms with van der Waals surface area (Å²) >= 11 is 1.50. The highest BCUT2D eigenvalue weighted by molar-refractivity contribution is 7.13. The lowest BCUT2D eigenvalue weighted by Crippen LogP contribution is -2.39. The van der Waals surface area contributed by atoms with Crippen molar-refractivity contribution < 1.29 is 4.79 Å². The molecular formula is C15H22N6OS. The van der Waals surface area contributed by atoms with Gasteiger partial charge in [-0.3, -0.25) is 4.79 Å². The molecule has 1 aliphatic heterocycles. The third-order valence-electron chi connectivity index (χ3n) is 4.04. The smallest absolute Gasteiger partial charge is 0.265 e. The van der Waals surface area contributed by atoms with Gasteiger partial charge in [-0.05, 0) is 32.1 Å². The first-order valence-electron chi connectivity index (χ1n) is 8.03. The van der Waals surface area contributed by atoms with Crippen molar-refractivity contribution in [3.8, 4) is 0 Å². The van der Waals surface area contributed by atoms with Gasteiger partial charge in [0, 0.05) is 19.0 Å². The Hall–Kier alpha value is -1.83. The van der Waals surface area contributed by atoms with E-state index in [1.54, 1.807) is 0 Å². The maximum Gasteiger partial charge on any atom is 0.265 e. The molecule has 124 valence electrons. The molecule has 0 bridgehead atoms. The lowest BCUT2D eigenvalue weighted by Gasteiger charge is -2.31. The number of aromatic amines is 1. The summed E-state index contributed by atoms with van der Waals surface area (Å²) in [4.78, 5) is 20.2. The number of H-pyrrole nitrogens is 1. The summed E-state index contributed by atoms with van der Waals surface area (Å²) in [6, 6.07) is 0. The van der Waals surface area contributed by atoms with Crippen LogP contribution in [0.2, 0.25) is 0 Å². The zero-order chi connectivity index (χ0) is 16.4. The van der Waals surface area contributed by atoms with Gasteiger partial charge in [-0.25, -0.2) is 4.98 Å². The van der Waals surface area contributed by atoms with E-state index < -0.39 is 0 Å². The molecule has 2 aromatic rings. The Morgan fingerprint density at radius 2 is 2.30 bits per heavy atom. The number of thiazole rings is 1. The van der Waals surface area contributed by atoms with Crippen LogP contribution in [0.5, 0.6) is 0 Å². The molecule has 0 aliphatic carbocycles. The van der Waals surface area contributed by atoms with E-state index in [0.717, 1.165) is 41.4 Å². The highest BCUT2D eigenvalue weighted by atomic mass is 32.1. The topological polar surface area (TPSA) is 87.7 Å². The average molecular weight is 334 g/mol. The van der Waals surface area contributed by atoms with Crippen LogP contribution in [0, 0.1) is 12.8 Å². The number of rotatable bonds is 4. The summed E-state index contributed by atoms with van der Waals surface area (Å²) in [7, 11) is 0. The molecule has 3 heterocycles. The number of carbonyl (C=O) groups excluding carboxylic acids is 1. The molecule has 0 saturated carbocycles. The van der Waals surface area contributed by atoms with Crippen LogP contribution in [0.1, 0.15) is 58.8 Å². The van der Waals surface area contributed by atoms with Gasteiger partial charge in [-0.1, -0.05) is 19.1 Å². The van der Waals surface area contributed by atoms with Gasteiger partial charge < -0.3 is 4.90 Å². The van der Waals surface area contributed by atoms with E-state index >= 15 is 0 Å². The highest BCUT2D eigenvalue weighted by Gasteiger charge is 2.30. The van der Waals surface area contributed by atoms with Crippen LogP contribution < -0.4 is 0 Å². The molecule has 0 aromatic carbocycles. The third-order valence-corrected chi connectivity index (χ3v) is 5.04. The van der Waals surface area contributed by atoms with Crippen molar-refractivity contribution in [1.29, 1.82) is 0 Å². The lowest BCUT2D eigenvalue weighted by atomic mass is 9.97. The minimum atomic E-state index is 0.0967. The van der Waals surface area contributed by atoms with Gasteiger partial charge in [-0.15, -0.1) is 21.5 Å². The van der Waals surface area contributed by atoms with Crippen LogP contribution in [0.4, 0.5) is 0 Å². The minimum Gasteiger partial charge on any atom is -0.337 e. The first-order valence-corrected chi connectivity index (χ1v) is 8.85. The third kappa shape index (κ3) is 3.57. The Bertz CT molecular complexity index is 666. The standard InChI is InChI=1S/C15H22N6OS/c1-9(2)7-12-13(23-10(3)16-12)15(22)21-6-4-5-11(8-21)14-17-19-20-18-14/h9,11H,4-8H2,1-3H3,(H,17,18,19,20). The maximum atomic E-state index is 13.0. The Morgan fingerprint density at radius 3 is 3.00 bits per heavy atom. The molecule has 1 aliphatic rings. The van der Waals surface area contributed by atoms with Crippen LogP contribution in [-0.4, -0.2) is 49.5 Å². The fraction of sp³-hybridized carbons (Fsp3) is 0.667. The number of hydrogen-bond acceptors (Lipinski definition) is 6. The number of aromatic nitrogens is 5. The number of nitrogens with one attached hydrogen (secondary N) is 1. The number of nitrogens with zero attached hydrogens (tertiary/aromatic N) is 5. The summed E-state index contributed by atoms with van der Waals surface area (Å²) < 4.78 is 0. The SMILES string of the molecule is Cc1nc(CC(C)C)c(C(=O)N2CCCC(c3nn[nH]n3)C2)s1. The van der Waals surface area contributed by atoms with Crippen molar-refractivity contribution in [3.05, 3.63) is 21.4 Å². The highest BCUT2D eigenvalue weighted by Crippen LogP contribution is 2.28. The molecule has 0 spiro atoms. The first-order chi connectivity index (χ1) is 11.0. The summed E-state index contributed by atoms with van der Waals surface area (Å²) in [6.45, 7) is 7.69. The van der Waals surface area contributed by atoms with Crippen molar-refractivity contribution in [2.45, 2.75) is 46.0 Å². The van der Waals surface area contributed by atoms with Crippen LogP contribution in [0.25, 0.3) is 0 Å². The van der Waals surface area contributed by atoms with Crippen LogP contribution in [0.3, 0.4) is 0 Å². The van der Waals surface area contributed by atoms with Crippen LogP contribution >= 0.6 is 11.3 Å². The molecule has 1 saturated heterocycles. The molecule has 8 heteroatoms. The van der Waals surface area contributed by atoms with Crippen molar-refractivity contribution in [2.24, 2.45) is 5.92 Å². The van der Waals surface area contributed by atoms with Gasteiger partial charge >= 0.3 is 0 Å². The summed E-state index contributed by atoms with van der Waals surface area (Å²) in [5.41, 5.74) is 0.939. The van der Waals surface area contributed by atoms with E-state index in [9.17, 15) is 4.79 Å². The molecule has 2 aromatic heterocycles. The largest absolute Gasteiger partial charge is 0.337 e. The van der Waals surface area contributed by atoms with Gasteiger partial charge in [0.25, 0.3) is 5.91 Å². The predicted octanol–water partition coefficient (Wildman–Crippen LogP) is 2.18. The Balaban J connectivity index is 1.77. The molecule has 1 unspecified atom stereocenters. The number of hydrogen-bond donors (Lipinski definition) is 1. The fourth-order valence-corrected chi connectivity index (χ4v) is 3.94. The predicted molar refractivity (Wildman–Crippen MR) is 87.4 cm³/mol. The molecule has 1 N–H and O–H groups in total. The number of tetrazole rings is 1. The molecule has 1 atom stereocenters. The van der Waals surface area contributed by atoms with Gasteiger partial charge in [0.05, 0.1) is 10.7 Å². The second-order valence-electron chi connectivity index (χ2n) is 6.47. The van der Waals surface area contributed by atoms with Crippen molar-refractivity contribution in [2.75, 3.05) is 13.1 Å². The molecule has 1 fully saturated rings. The lowest BCUT2D eigenvalue weighted by molar-refractivity contribution is 0.0708. The zero-order valence-electron chi connectivity index (χ0n) is 13.7. The number of likely N-dealkylation sites (tertiary alicyclic amines) is 1. The van der Waals surface area contributed by atoms with Crippen molar-refractivity contribution in [3.63, 3.8) is 0 Å². The van der Waals surface area contributed by atoms with Crippen molar-refractivity contribution >= 4 is 17.2 Å². The van der Waals surface area contributed by atoms with Crippen LogP contribution in [-0.2, 0) is 6.42 Å². The Kier molecular flexibility index (Phi) is 4.70. The van der Waals surface area contributed by atoms with E-state index in [-0.39, 0.29) is 11.8 Å². The summed E-state index contributed by atoms with van der Waals surface area (Å²) in [5.74, 6) is 1.44. The number of amides is 1.